The number of hydrogen-bond acceptors (Lipinski definition) is 11. The maximum absolute atomic E-state index is 14.8. The normalized spacial score (nSPS) is 20.0. The van der Waals surface area contributed by atoms with Gasteiger partial charge in [0.05, 0.1) is 6.34 Å². The van der Waals surface area contributed by atoms with Gasteiger partial charge in [0.15, 0.2) is 11.2 Å². The molecular formula is C29H29FN8O8S2. The van der Waals surface area contributed by atoms with E-state index in [0.717, 1.165) is 24.0 Å². The molecule has 4 N–H and O–H groups in total. The van der Waals surface area contributed by atoms with Gasteiger partial charge in [0, 0.05) is 68.4 Å². The van der Waals surface area contributed by atoms with Crippen LogP contribution in [0.1, 0.15) is 15.9 Å². The minimum absolute atomic E-state index is 0.0207. The van der Waals surface area contributed by atoms with Gasteiger partial charge in [-0.3, -0.25) is 43.8 Å². The summed E-state index contributed by atoms with van der Waals surface area (Å²) in [6.45, 7) is 3.09. The van der Waals surface area contributed by atoms with Crippen LogP contribution in [-0.4, -0.2) is 124 Å². The Hall–Kier alpha value is -4.75. The zero-order chi connectivity index (χ0) is 34.3. The van der Waals surface area contributed by atoms with Crippen LogP contribution in [-0.2, 0) is 23.1 Å². The number of nitrogens with one attached hydrogen (secondary N) is 2. The van der Waals surface area contributed by atoms with E-state index < -0.39 is 57.2 Å². The Labute approximate surface area is 278 Å². The highest BCUT2D eigenvalue weighted by atomic mass is 32.2. The van der Waals surface area contributed by atoms with Gasteiger partial charge in [-0.15, -0.1) is 11.8 Å². The fourth-order valence-electron chi connectivity index (χ4n) is 5.70. The number of rotatable bonds is 10. The Balaban J connectivity index is 1.02. The van der Waals surface area contributed by atoms with E-state index >= 15 is 0 Å². The van der Waals surface area contributed by atoms with Crippen molar-refractivity contribution in [2.75, 3.05) is 44.2 Å². The maximum Gasteiger partial charge on any atom is 0.352 e. The maximum atomic E-state index is 14.8. The van der Waals surface area contributed by atoms with Gasteiger partial charge in [-0.25, -0.2) is 14.0 Å². The fourth-order valence-corrected chi connectivity index (χ4v) is 8.10. The van der Waals surface area contributed by atoms with E-state index in [1.54, 1.807) is 6.34 Å². The summed E-state index contributed by atoms with van der Waals surface area (Å²) in [7, 11) is 1.51. The van der Waals surface area contributed by atoms with Gasteiger partial charge >= 0.3 is 23.1 Å². The van der Waals surface area contributed by atoms with Crippen LogP contribution in [0.5, 0.6) is 0 Å². The molecule has 16 nitrogen and oxygen atoms in total. The molecule has 0 saturated carbocycles. The molecule has 3 aromatic rings. The van der Waals surface area contributed by atoms with Crippen molar-refractivity contribution in [1.82, 2.24) is 34.4 Å². The van der Waals surface area contributed by atoms with Gasteiger partial charge in [-0.05, 0) is 29.7 Å². The van der Waals surface area contributed by atoms with Crippen molar-refractivity contribution >= 4 is 58.6 Å². The molecule has 3 aliphatic rings. The number of aromatic nitrogens is 4. The molecule has 0 radical (unpaired) electrons. The van der Waals surface area contributed by atoms with E-state index in [4.69, 9.17) is 5.11 Å². The molecule has 3 aliphatic heterocycles. The number of β-lactam (4-membered cyclic amide) rings is 1. The monoisotopic (exact) mass is 700 g/mol. The molecule has 2 atom stereocenters. The largest absolute Gasteiger partial charge is 0.477 e. The number of aliphatic carboxylic acids is 1. The van der Waals surface area contributed by atoms with E-state index in [1.165, 1.54) is 34.5 Å². The zero-order valence-electron chi connectivity index (χ0n) is 25.3. The van der Waals surface area contributed by atoms with E-state index in [2.05, 4.69) is 25.0 Å². The summed E-state index contributed by atoms with van der Waals surface area (Å²) in [6.07, 6.45) is 3.11. The number of aryl methyl sites for hydroxylation is 1. The molecule has 0 unspecified atom stereocenters. The van der Waals surface area contributed by atoms with Crippen LogP contribution in [0.2, 0.25) is 0 Å². The van der Waals surface area contributed by atoms with Gasteiger partial charge in [0.1, 0.15) is 22.5 Å². The number of carbonyl (C=O) groups is 3. The quantitative estimate of drug-likeness (QED) is 0.0707. The highest BCUT2D eigenvalue weighted by Gasteiger charge is 2.53. The van der Waals surface area contributed by atoms with Crippen LogP contribution in [0.15, 0.2) is 54.1 Å². The third-order valence-corrected chi connectivity index (χ3v) is 10.8. The summed E-state index contributed by atoms with van der Waals surface area (Å²) in [5.74, 6) is -3.14. The molecule has 1 aromatic carbocycles. The second-order valence-corrected chi connectivity index (χ2v) is 13.4. The van der Waals surface area contributed by atoms with Crippen molar-refractivity contribution in [1.29, 1.82) is 0 Å². The lowest BCUT2D eigenvalue weighted by atomic mass is 10.0. The first kappa shape index (κ1) is 33.2. The number of benzene rings is 1. The Morgan fingerprint density at radius 3 is 2.60 bits per heavy atom. The standard InChI is InChI=1S/C29H29FN8O8S2/c1-35-29(33-23(40)24(41)34-35)48-12-15-11-47-26-20(25(42)38(26)21(15)28(45)46)32-13-37-6-4-36(5-7-37)3-2-14-8-19-16(9-18(14)30)22(39)17(10-31-19)27(43)44/h8-10,13,20,26H,2-7,11-12H2,1H3,(H,31,39)(H,34,41)(H,43,44)(H,45,46)/t20-,26-/m0/s1. The first-order valence-electron chi connectivity index (χ1n) is 14.7. The number of aromatic carboxylic acids is 1. The summed E-state index contributed by atoms with van der Waals surface area (Å²) in [4.78, 5) is 88.3. The van der Waals surface area contributed by atoms with Crippen LogP contribution in [0, 0.1) is 5.82 Å². The highest BCUT2D eigenvalue weighted by molar-refractivity contribution is 8.01. The molecule has 2 aromatic heterocycles. The molecule has 48 heavy (non-hydrogen) atoms. The predicted octanol–water partition coefficient (Wildman–Crippen LogP) is -0.249. The van der Waals surface area contributed by atoms with Gasteiger partial charge < -0.3 is 20.1 Å². The van der Waals surface area contributed by atoms with Gasteiger partial charge in [-0.1, -0.05) is 11.8 Å². The lowest BCUT2D eigenvalue weighted by Gasteiger charge is -2.48. The zero-order valence-corrected chi connectivity index (χ0v) is 27.0. The molecular weight excluding hydrogens is 671 g/mol. The second-order valence-electron chi connectivity index (χ2n) is 11.3. The highest BCUT2D eigenvalue weighted by Crippen LogP contribution is 2.42. The number of carboxylic acid groups (broad SMARTS) is 2. The number of pyridine rings is 1. The number of carbonyl (C=O) groups excluding carboxylic acids is 1. The minimum Gasteiger partial charge on any atom is -0.477 e. The molecule has 1 amide bonds. The number of piperazine rings is 1. The first-order chi connectivity index (χ1) is 22.9. The van der Waals surface area contributed by atoms with Crippen LogP contribution < -0.4 is 16.5 Å². The summed E-state index contributed by atoms with van der Waals surface area (Å²) < 4.78 is 16.1. The fraction of sp³-hybridized carbons (Fsp3) is 0.379. The van der Waals surface area contributed by atoms with Crippen molar-refractivity contribution in [3.63, 3.8) is 0 Å². The van der Waals surface area contributed by atoms with E-state index in [1.807, 2.05) is 4.90 Å². The number of halogens is 1. The molecule has 2 fully saturated rings. The number of hydrogen-bond donors (Lipinski definition) is 4. The van der Waals surface area contributed by atoms with Crippen LogP contribution in [0.25, 0.3) is 10.9 Å². The molecule has 0 bridgehead atoms. The predicted molar refractivity (Wildman–Crippen MR) is 174 cm³/mol. The first-order valence-corrected chi connectivity index (χ1v) is 16.7. The molecule has 19 heteroatoms. The van der Waals surface area contributed by atoms with Crippen LogP contribution in [0.4, 0.5) is 4.39 Å². The molecule has 2 saturated heterocycles. The van der Waals surface area contributed by atoms with Crippen LogP contribution in [0.3, 0.4) is 0 Å². The number of amides is 1. The van der Waals surface area contributed by atoms with Gasteiger partial charge in [0.25, 0.3) is 5.91 Å². The van der Waals surface area contributed by atoms with E-state index in [-0.39, 0.29) is 22.0 Å². The van der Waals surface area contributed by atoms with Crippen molar-refractivity contribution in [2.45, 2.75) is 23.0 Å². The van der Waals surface area contributed by atoms with Crippen LogP contribution >= 0.6 is 23.5 Å². The summed E-state index contributed by atoms with van der Waals surface area (Å²) >= 11 is 2.48. The topological polar surface area (TPSA) is 214 Å². The Kier molecular flexibility index (Phi) is 9.26. The third kappa shape index (κ3) is 6.39. The summed E-state index contributed by atoms with van der Waals surface area (Å²) in [5.41, 5.74) is -1.86. The Bertz CT molecular complexity index is 2070. The number of thioether (sulfide) groups is 2. The lowest BCUT2D eigenvalue weighted by Crippen LogP contribution is -2.64. The van der Waals surface area contributed by atoms with Crippen molar-refractivity contribution < 1.29 is 29.0 Å². The number of fused-ring (bicyclic) bond motifs is 2. The number of aromatic amines is 2. The smallest absolute Gasteiger partial charge is 0.352 e. The molecule has 0 aliphatic carbocycles. The lowest BCUT2D eigenvalue weighted by molar-refractivity contribution is -0.147. The second kappa shape index (κ2) is 13.4. The van der Waals surface area contributed by atoms with Gasteiger partial charge in [0.2, 0.25) is 5.43 Å². The summed E-state index contributed by atoms with van der Waals surface area (Å²) in [6, 6.07) is 1.87. The number of nitrogens with zero attached hydrogens (tertiary/aromatic N) is 6. The average molecular weight is 701 g/mol. The molecule has 5 heterocycles. The van der Waals surface area contributed by atoms with Crippen molar-refractivity contribution in [3.05, 3.63) is 77.5 Å². The molecule has 252 valence electrons. The Morgan fingerprint density at radius 1 is 1.15 bits per heavy atom. The molecule has 6 rings (SSSR count). The van der Waals surface area contributed by atoms with E-state index in [0.29, 0.717) is 61.6 Å². The molecule has 0 spiro atoms. The average Bonchev–Trinajstić information content (AvgIpc) is 3.05. The minimum atomic E-state index is -1.38. The van der Waals surface area contributed by atoms with E-state index in [9.17, 15) is 38.3 Å². The summed E-state index contributed by atoms with van der Waals surface area (Å²) in [5, 5.41) is 21.2. The number of H-pyrrole nitrogens is 2. The SMILES string of the molecule is Cn1[nH]c(=O)c(=O)nc1SCC1=C(C(=O)O)N2C(=O)[C@H](N=CN3CCN(CCc4cc5[nH]cc(C(=O)O)c(=O)c5cc4F)CC3)[C@@H]2SC1. The van der Waals surface area contributed by atoms with Gasteiger partial charge in [-0.2, -0.15) is 4.98 Å². The third-order valence-electron chi connectivity index (χ3n) is 8.32. The number of aliphatic imine (C=N–C) groups is 1. The van der Waals surface area contributed by atoms with Crippen molar-refractivity contribution in [2.24, 2.45) is 12.0 Å². The Morgan fingerprint density at radius 2 is 1.90 bits per heavy atom. The number of carboxylic acids is 2. The van der Waals surface area contributed by atoms with Crippen molar-refractivity contribution in [3.8, 4) is 0 Å².